The summed E-state index contributed by atoms with van der Waals surface area (Å²) >= 11 is 0. The molecule has 0 bridgehead atoms. The van der Waals surface area contributed by atoms with Gasteiger partial charge in [0.05, 0.1) is 0 Å². The van der Waals surface area contributed by atoms with E-state index in [1.54, 1.807) is 0 Å². The molecule has 1 rings (SSSR count). The molecule has 2 N–H and O–H groups in total. The van der Waals surface area contributed by atoms with Gasteiger partial charge in [-0.25, -0.2) is 4.99 Å². The Labute approximate surface area is 105 Å². The molecular weight excluding hydrogens is 212 g/mol. The highest BCUT2D eigenvalue weighted by atomic mass is 15.3. The summed E-state index contributed by atoms with van der Waals surface area (Å²) in [5.74, 6) is 1.69. The molecular formula is C13H26N4. The van der Waals surface area contributed by atoms with Crippen molar-refractivity contribution in [1.29, 1.82) is 0 Å². The van der Waals surface area contributed by atoms with Gasteiger partial charge < -0.3 is 10.6 Å². The third kappa shape index (κ3) is 4.86. The summed E-state index contributed by atoms with van der Waals surface area (Å²) in [5, 5.41) is 0. The van der Waals surface area contributed by atoms with E-state index < -0.39 is 0 Å². The Balaban J connectivity index is 2.40. The average molecular weight is 238 g/mol. The van der Waals surface area contributed by atoms with Crippen molar-refractivity contribution in [3.63, 3.8) is 0 Å². The second kappa shape index (κ2) is 8.23. The summed E-state index contributed by atoms with van der Waals surface area (Å²) < 4.78 is 0. The minimum absolute atomic E-state index is 0.800. The highest BCUT2D eigenvalue weighted by Gasteiger charge is 2.20. The minimum atomic E-state index is 0.800. The second-order valence-electron chi connectivity index (χ2n) is 4.63. The molecule has 0 unspecified atom stereocenters. The zero-order valence-corrected chi connectivity index (χ0v) is 11.2. The highest BCUT2D eigenvalue weighted by Crippen LogP contribution is 2.20. The lowest BCUT2D eigenvalue weighted by Crippen LogP contribution is -2.38. The van der Waals surface area contributed by atoms with Gasteiger partial charge in [0, 0.05) is 26.4 Å². The van der Waals surface area contributed by atoms with Crippen molar-refractivity contribution in [2.45, 2.75) is 39.0 Å². The van der Waals surface area contributed by atoms with Crippen molar-refractivity contribution in [3.05, 3.63) is 0 Å². The highest BCUT2D eigenvalue weighted by molar-refractivity contribution is 5.87. The van der Waals surface area contributed by atoms with Crippen LogP contribution < -0.4 is 5.73 Å². The number of rotatable bonds is 4. The van der Waals surface area contributed by atoms with Crippen LogP contribution in [0.5, 0.6) is 0 Å². The van der Waals surface area contributed by atoms with Crippen LogP contribution in [0.15, 0.2) is 9.98 Å². The summed E-state index contributed by atoms with van der Waals surface area (Å²) in [7, 11) is 1.82. The monoisotopic (exact) mass is 238 g/mol. The predicted octanol–water partition coefficient (Wildman–Crippen LogP) is 1.90. The fourth-order valence-electron chi connectivity index (χ4n) is 2.21. The maximum Gasteiger partial charge on any atom is 0.219 e. The molecule has 0 saturated carbocycles. The van der Waals surface area contributed by atoms with Gasteiger partial charge in [-0.05, 0) is 38.1 Å². The van der Waals surface area contributed by atoms with Crippen molar-refractivity contribution < 1.29 is 0 Å². The number of piperidine rings is 1. The van der Waals surface area contributed by atoms with Gasteiger partial charge in [-0.1, -0.05) is 13.3 Å². The lowest BCUT2D eigenvalue weighted by atomic mass is 9.94. The predicted molar refractivity (Wildman–Crippen MR) is 74.7 cm³/mol. The first-order valence-corrected chi connectivity index (χ1v) is 6.76. The van der Waals surface area contributed by atoms with Crippen molar-refractivity contribution in [3.8, 4) is 0 Å². The Hall–Kier alpha value is -0.900. The molecule has 4 nitrogen and oxygen atoms in total. The van der Waals surface area contributed by atoms with Crippen LogP contribution in [0.4, 0.5) is 0 Å². The Kier molecular flexibility index (Phi) is 6.86. The zero-order valence-electron chi connectivity index (χ0n) is 11.2. The summed E-state index contributed by atoms with van der Waals surface area (Å²) in [6, 6.07) is 0. The molecule has 0 spiro atoms. The topological polar surface area (TPSA) is 54.0 Å². The number of nitrogens with zero attached hydrogens (tertiary/aromatic N) is 3. The van der Waals surface area contributed by atoms with E-state index in [9.17, 15) is 0 Å². The normalized spacial score (nSPS) is 19.2. The smallest absolute Gasteiger partial charge is 0.219 e. The van der Waals surface area contributed by atoms with Crippen LogP contribution in [0.1, 0.15) is 39.0 Å². The molecule has 1 heterocycles. The van der Waals surface area contributed by atoms with Gasteiger partial charge in [-0.3, -0.25) is 4.99 Å². The van der Waals surface area contributed by atoms with Crippen molar-refractivity contribution >= 4 is 12.2 Å². The van der Waals surface area contributed by atoms with Gasteiger partial charge >= 0.3 is 0 Å². The van der Waals surface area contributed by atoms with Gasteiger partial charge in [0.2, 0.25) is 5.96 Å². The molecule has 0 amide bonds. The second-order valence-corrected chi connectivity index (χ2v) is 4.63. The third-order valence-corrected chi connectivity index (χ3v) is 3.30. The third-order valence-electron chi connectivity index (χ3n) is 3.30. The molecule has 0 aromatic heterocycles. The van der Waals surface area contributed by atoms with Crippen LogP contribution >= 0.6 is 0 Å². The van der Waals surface area contributed by atoms with Crippen LogP contribution in [0, 0.1) is 5.92 Å². The summed E-state index contributed by atoms with van der Waals surface area (Å²) in [5.41, 5.74) is 5.60. The van der Waals surface area contributed by atoms with Gasteiger partial charge in [0.25, 0.3) is 0 Å². The molecule has 1 aliphatic rings. The molecule has 98 valence electrons. The zero-order chi connectivity index (χ0) is 12.5. The standard InChI is InChI=1S/C13H26N4/c1-3-4-9-16-13(15-2)17-10-6-12(5-8-14)7-11-17/h9,12H,3-8,10-11,14H2,1-2H3/b15-13?,16-9-. The van der Waals surface area contributed by atoms with E-state index in [2.05, 4.69) is 21.8 Å². The molecule has 1 saturated heterocycles. The van der Waals surface area contributed by atoms with E-state index >= 15 is 0 Å². The molecule has 0 atom stereocenters. The molecule has 1 fully saturated rings. The van der Waals surface area contributed by atoms with E-state index in [1.807, 2.05) is 13.3 Å². The number of unbranched alkanes of at least 4 members (excludes halogenated alkanes) is 1. The van der Waals surface area contributed by atoms with Crippen LogP contribution in [0.2, 0.25) is 0 Å². The maximum atomic E-state index is 5.60. The van der Waals surface area contributed by atoms with Crippen LogP contribution in [-0.4, -0.2) is 43.8 Å². The molecule has 1 aliphatic heterocycles. The van der Waals surface area contributed by atoms with E-state index in [-0.39, 0.29) is 0 Å². The van der Waals surface area contributed by atoms with E-state index in [0.717, 1.165) is 50.8 Å². The molecule has 0 aliphatic carbocycles. The molecule has 17 heavy (non-hydrogen) atoms. The van der Waals surface area contributed by atoms with Crippen LogP contribution in [0.3, 0.4) is 0 Å². The molecule has 0 aromatic rings. The van der Waals surface area contributed by atoms with Crippen LogP contribution in [0.25, 0.3) is 0 Å². The Bertz CT molecular complexity index is 252. The van der Waals surface area contributed by atoms with E-state index in [0.29, 0.717) is 0 Å². The van der Waals surface area contributed by atoms with E-state index in [1.165, 1.54) is 12.8 Å². The van der Waals surface area contributed by atoms with Crippen molar-refractivity contribution in [1.82, 2.24) is 4.90 Å². The number of hydrogen-bond acceptors (Lipinski definition) is 2. The van der Waals surface area contributed by atoms with Gasteiger partial charge in [-0.15, -0.1) is 0 Å². The Morgan fingerprint density at radius 2 is 2.12 bits per heavy atom. The molecule has 0 radical (unpaired) electrons. The molecule has 0 aromatic carbocycles. The number of nitrogens with two attached hydrogens (primary N) is 1. The largest absolute Gasteiger partial charge is 0.341 e. The first-order chi connectivity index (χ1) is 8.31. The maximum absolute atomic E-state index is 5.60. The van der Waals surface area contributed by atoms with Gasteiger partial charge in [0.1, 0.15) is 0 Å². The number of guanidine groups is 1. The average Bonchev–Trinajstić information content (AvgIpc) is 2.36. The Morgan fingerprint density at radius 1 is 1.41 bits per heavy atom. The van der Waals surface area contributed by atoms with Gasteiger partial charge in [-0.2, -0.15) is 0 Å². The lowest BCUT2D eigenvalue weighted by Gasteiger charge is -2.32. The number of hydrogen-bond donors (Lipinski definition) is 1. The number of likely N-dealkylation sites (tertiary alicyclic amines) is 1. The first kappa shape index (κ1) is 14.2. The summed E-state index contributed by atoms with van der Waals surface area (Å²) in [6.07, 6.45) is 7.75. The number of aliphatic imine (C=N–C) groups is 2. The SMILES string of the molecule is CCC/C=N\C(=NC)N1CCC(CCN)CC1. The molecule has 4 heteroatoms. The first-order valence-electron chi connectivity index (χ1n) is 6.76. The summed E-state index contributed by atoms with van der Waals surface area (Å²) in [6.45, 7) is 5.11. The van der Waals surface area contributed by atoms with E-state index in [4.69, 9.17) is 5.73 Å². The summed E-state index contributed by atoms with van der Waals surface area (Å²) in [4.78, 5) is 11.0. The Morgan fingerprint density at radius 3 is 2.65 bits per heavy atom. The quantitative estimate of drug-likeness (QED) is 0.601. The fourth-order valence-corrected chi connectivity index (χ4v) is 2.21. The minimum Gasteiger partial charge on any atom is -0.341 e. The van der Waals surface area contributed by atoms with Gasteiger partial charge in [0.15, 0.2) is 0 Å². The lowest BCUT2D eigenvalue weighted by molar-refractivity contribution is 0.256. The van der Waals surface area contributed by atoms with Crippen molar-refractivity contribution in [2.75, 3.05) is 26.7 Å². The van der Waals surface area contributed by atoms with Crippen LogP contribution in [-0.2, 0) is 0 Å². The fraction of sp³-hybridized carbons (Fsp3) is 0.846. The van der Waals surface area contributed by atoms with Crippen molar-refractivity contribution in [2.24, 2.45) is 21.6 Å².